The van der Waals surface area contributed by atoms with Crippen LogP contribution in [0.15, 0.2) is 0 Å². The summed E-state index contributed by atoms with van der Waals surface area (Å²) in [5.41, 5.74) is -0.500. The molecule has 1 saturated carbocycles. The minimum atomic E-state index is -0.967. The molecular weight excluding hydrogens is 272 g/mol. The van der Waals surface area contributed by atoms with Gasteiger partial charge in [0.15, 0.2) is 0 Å². The normalized spacial score (nSPS) is 30.7. The molecule has 0 aromatic rings. The minimum Gasteiger partial charge on any atom is -0.480 e. The van der Waals surface area contributed by atoms with Gasteiger partial charge in [-0.3, -0.25) is 0 Å². The van der Waals surface area contributed by atoms with Crippen LogP contribution in [0.3, 0.4) is 0 Å². The van der Waals surface area contributed by atoms with E-state index in [-0.39, 0.29) is 12.6 Å². The lowest BCUT2D eigenvalue weighted by atomic mass is 9.85. The molecule has 3 fully saturated rings. The van der Waals surface area contributed by atoms with Crippen molar-refractivity contribution in [1.29, 1.82) is 0 Å². The molecule has 3 aliphatic rings. The van der Waals surface area contributed by atoms with Crippen LogP contribution in [0.25, 0.3) is 0 Å². The number of nitrogens with zero attached hydrogens (tertiary/aromatic N) is 2. The number of urea groups is 1. The van der Waals surface area contributed by atoms with E-state index in [0.29, 0.717) is 25.0 Å². The highest BCUT2D eigenvalue weighted by atomic mass is 16.5. The van der Waals surface area contributed by atoms with Gasteiger partial charge in [0.2, 0.25) is 0 Å². The molecule has 2 atom stereocenters. The number of carbonyl (C=O) groups excluding carboxylic acids is 1. The van der Waals surface area contributed by atoms with Crippen molar-refractivity contribution in [3.05, 3.63) is 0 Å². The molecule has 0 aromatic heterocycles. The number of carboxylic acid groups (broad SMARTS) is 1. The zero-order valence-corrected chi connectivity index (χ0v) is 12.6. The van der Waals surface area contributed by atoms with Crippen molar-refractivity contribution in [2.24, 2.45) is 5.92 Å². The molecule has 0 aromatic carbocycles. The lowest BCUT2D eigenvalue weighted by Crippen LogP contribution is -2.66. The number of rotatable bonds is 3. The highest BCUT2D eigenvalue weighted by Gasteiger charge is 2.47. The van der Waals surface area contributed by atoms with Crippen LogP contribution < -0.4 is 0 Å². The molecule has 3 rings (SSSR count). The molecule has 1 aliphatic carbocycles. The number of carboxylic acids is 1. The van der Waals surface area contributed by atoms with Gasteiger partial charge < -0.3 is 19.6 Å². The average molecular weight is 296 g/mol. The Morgan fingerprint density at radius 2 is 1.95 bits per heavy atom. The number of ether oxygens (including phenoxy) is 1. The maximum absolute atomic E-state index is 12.6. The van der Waals surface area contributed by atoms with Gasteiger partial charge in [-0.2, -0.15) is 0 Å². The molecule has 2 unspecified atom stereocenters. The lowest BCUT2D eigenvalue weighted by molar-refractivity contribution is -0.160. The Labute approximate surface area is 125 Å². The molecule has 21 heavy (non-hydrogen) atoms. The Hall–Kier alpha value is -1.30. The van der Waals surface area contributed by atoms with Crippen LogP contribution >= 0.6 is 0 Å². The molecule has 6 heteroatoms. The Bertz CT molecular complexity index is 433. The van der Waals surface area contributed by atoms with Crippen molar-refractivity contribution in [2.45, 2.75) is 50.7 Å². The van der Waals surface area contributed by atoms with Crippen molar-refractivity contribution < 1.29 is 19.4 Å². The van der Waals surface area contributed by atoms with Gasteiger partial charge >= 0.3 is 12.0 Å². The van der Waals surface area contributed by atoms with E-state index in [0.717, 1.165) is 19.4 Å². The number of fused-ring (bicyclic) bond motifs is 1. The highest BCUT2D eigenvalue weighted by molar-refractivity contribution is 5.76. The van der Waals surface area contributed by atoms with Crippen LogP contribution in [0.2, 0.25) is 0 Å². The first-order chi connectivity index (χ1) is 9.98. The van der Waals surface area contributed by atoms with Crippen LogP contribution in [-0.2, 0) is 9.53 Å². The average Bonchev–Trinajstić information content (AvgIpc) is 2.85. The molecule has 2 saturated heterocycles. The molecule has 6 nitrogen and oxygen atoms in total. The van der Waals surface area contributed by atoms with Gasteiger partial charge in [0.05, 0.1) is 13.1 Å². The molecule has 118 valence electrons. The zero-order valence-electron chi connectivity index (χ0n) is 12.6. The Morgan fingerprint density at radius 1 is 1.24 bits per heavy atom. The first-order valence-electron chi connectivity index (χ1n) is 7.90. The molecule has 0 radical (unpaired) electrons. The standard InChI is InChI=1S/C15H24N2O4/c1-15(21-8-13(18)19)9-16(10-15)14(20)17-7-6-11-4-2-3-5-12(11)17/h11-12H,2-10H2,1H3,(H,18,19). The summed E-state index contributed by atoms with van der Waals surface area (Å²) in [6, 6.07) is 0.541. The third-order valence-electron chi connectivity index (χ3n) is 5.12. The maximum atomic E-state index is 12.6. The van der Waals surface area contributed by atoms with E-state index in [9.17, 15) is 9.59 Å². The van der Waals surface area contributed by atoms with Crippen LogP contribution in [-0.4, -0.2) is 64.8 Å². The summed E-state index contributed by atoms with van der Waals surface area (Å²) < 4.78 is 5.36. The van der Waals surface area contributed by atoms with E-state index in [1.54, 1.807) is 4.90 Å². The molecule has 2 heterocycles. The molecule has 1 N–H and O–H groups in total. The van der Waals surface area contributed by atoms with Gasteiger partial charge in [-0.05, 0) is 32.1 Å². The Morgan fingerprint density at radius 3 is 2.67 bits per heavy atom. The van der Waals surface area contributed by atoms with E-state index >= 15 is 0 Å². The topological polar surface area (TPSA) is 70.1 Å². The fourth-order valence-corrected chi connectivity index (χ4v) is 4.05. The summed E-state index contributed by atoms with van der Waals surface area (Å²) in [7, 11) is 0. The Balaban J connectivity index is 1.52. The van der Waals surface area contributed by atoms with Crippen LogP contribution in [0.1, 0.15) is 39.0 Å². The number of amides is 2. The number of hydrogen-bond donors (Lipinski definition) is 1. The second-order valence-corrected chi connectivity index (χ2v) is 6.86. The molecule has 2 aliphatic heterocycles. The second kappa shape index (κ2) is 5.48. The summed E-state index contributed by atoms with van der Waals surface area (Å²) >= 11 is 0. The Kier molecular flexibility index (Phi) is 3.82. The first kappa shape index (κ1) is 14.6. The van der Waals surface area contributed by atoms with Gasteiger partial charge in [0, 0.05) is 12.6 Å². The van der Waals surface area contributed by atoms with Crippen LogP contribution in [0.4, 0.5) is 4.79 Å². The molecule has 2 amide bonds. The summed E-state index contributed by atoms with van der Waals surface area (Å²) in [4.78, 5) is 27.0. The van der Waals surface area contributed by atoms with Crippen molar-refractivity contribution in [3.8, 4) is 0 Å². The van der Waals surface area contributed by atoms with Crippen molar-refractivity contribution in [2.75, 3.05) is 26.2 Å². The van der Waals surface area contributed by atoms with Gasteiger partial charge in [0.1, 0.15) is 12.2 Å². The van der Waals surface area contributed by atoms with Crippen molar-refractivity contribution in [1.82, 2.24) is 9.80 Å². The smallest absolute Gasteiger partial charge is 0.329 e. The first-order valence-corrected chi connectivity index (χ1v) is 7.90. The van der Waals surface area contributed by atoms with E-state index in [2.05, 4.69) is 0 Å². The largest absolute Gasteiger partial charge is 0.480 e. The molecule has 0 bridgehead atoms. The van der Waals surface area contributed by atoms with Crippen molar-refractivity contribution in [3.63, 3.8) is 0 Å². The monoisotopic (exact) mass is 296 g/mol. The van der Waals surface area contributed by atoms with Gasteiger partial charge in [-0.25, -0.2) is 9.59 Å². The summed E-state index contributed by atoms with van der Waals surface area (Å²) in [5, 5.41) is 8.66. The van der Waals surface area contributed by atoms with E-state index in [4.69, 9.17) is 9.84 Å². The third kappa shape index (κ3) is 2.86. The number of aliphatic carboxylic acids is 1. The predicted octanol–water partition coefficient (Wildman–Crippen LogP) is 1.55. The van der Waals surface area contributed by atoms with Crippen LogP contribution in [0.5, 0.6) is 0 Å². The number of likely N-dealkylation sites (tertiary alicyclic amines) is 2. The van der Waals surface area contributed by atoms with Gasteiger partial charge in [-0.15, -0.1) is 0 Å². The van der Waals surface area contributed by atoms with E-state index in [1.807, 2.05) is 11.8 Å². The summed E-state index contributed by atoms with van der Waals surface area (Å²) in [6.45, 7) is 3.43. The van der Waals surface area contributed by atoms with Gasteiger partial charge in [0.25, 0.3) is 0 Å². The predicted molar refractivity (Wildman–Crippen MR) is 76.0 cm³/mol. The van der Waals surface area contributed by atoms with E-state index in [1.165, 1.54) is 19.3 Å². The van der Waals surface area contributed by atoms with Gasteiger partial charge in [-0.1, -0.05) is 12.8 Å². The SMILES string of the molecule is CC1(OCC(=O)O)CN(C(=O)N2CCC3CCCCC32)C1. The fourth-order valence-electron chi connectivity index (χ4n) is 4.05. The maximum Gasteiger partial charge on any atom is 0.329 e. The molecule has 0 spiro atoms. The highest BCUT2D eigenvalue weighted by Crippen LogP contribution is 2.37. The summed E-state index contributed by atoms with van der Waals surface area (Å²) in [5.74, 6) is -0.274. The third-order valence-corrected chi connectivity index (χ3v) is 5.12. The summed E-state index contributed by atoms with van der Waals surface area (Å²) in [6.07, 6.45) is 6.06. The van der Waals surface area contributed by atoms with E-state index < -0.39 is 11.6 Å². The molecular formula is C15H24N2O4. The van der Waals surface area contributed by atoms with Crippen LogP contribution in [0, 0.1) is 5.92 Å². The minimum absolute atomic E-state index is 0.112. The fraction of sp³-hybridized carbons (Fsp3) is 0.867. The number of carbonyl (C=O) groups is 2. The second-order valence-electron chi connectivity index (χ2n) is 6.86. The lowest BCUT2D eigenvalue weighted by Gasteiger charge is -2.49. The zero-order chi connectivity index (χ0) is 15.0. The number of hydrogen-bond acceptors (Lipinski definition) is 3. The van der Waals surface area contributed by atoms with Crippen molar-refractivity contribution >= 4 is 12.0 Å². The quantitative estimate of drug-likeness (QED) is 0.858.